The Hall–Kier alpha value is -2.21. The summed E-state index contributed by atoms with van der Waals surface area (Å²) >= 11 is 1.23. The SMILES string of the molecule is Cc1cc(C)c(C)c(OCCCNC(=O)CSc2cccc[n+]2[O-])c1. The standard InChI is InChI=1S/C19H24N2O3S/c1-14-11-15(2)16(3)17(12-14)24-10-6-8-20-18(22)13-25-19-7-4-5-9-21(19)23/h4-5,7,9,11-12H,6,8,10,13H2,1-3H3,(H,20,22). The molecular weight excluding hydrogens is 336 g/mol. The molecule has 25 heavy (non-hydrogen) atoms. The summed E-state index contributed by atoms with van der Waals surface area (Å²) in [6.07, 6.45) is 2.16. The Kier molecular flexibility index (Phi) is 7.13. The number of hydrogen-bond acceptors (Lipinski definition) is 4. The first-order valence-corrected chi connectivity index (χ1v) is 9.24. The molecule has 6 heteroatoms. The normalized spacial score (nSPS) is 10.5. The van der Waals surface area contributed by atoms with E-state index in [4.69, 9.17) is 4.74 Å². The van der Waals surface area contributed by atoms with Crippen LogP contribution in [0.15, 0.2) is 41.6 Å². The summed E-state index contributed by atoms with van der Waals surface area (Å²) in [6, 6.07) is 9.31. The largest absolute Gasteiger partial charge is 0.618 e. The number of nitrogens with zero attached hydrogens (tertiary/aromatic N) is 1. The molecule has 1 aromatic heterocycles. The summed E-state index contributed by atoms with van der Waals surface area (Å²) in [5.41, 5.74) is 3.55. The molecule has 1 N–H and O–H groups in total. The lowest BCUT2D eigenvalue weighted by atomic mass is 10.1. The Labute approximate surface area is 153 Å². The monoisotopic (exact) mass is 360 g/mol. The lowest BCUT2D eigenvalue weighted by Gasteiger charge is -2.12. The topological polar surface area (TPSA) is 65.3 Å². The fourth-order valence-corrected chi connectivity index (χ4v) is 3.09. The van der Waals surface area contributed by atoms with E-state index in [0.717, 1.165) is 22.5 Å². The smallest absolute Gasteiger partial charge is 0.251 e. The third kappa shape index (κ3) is 5.98. The van der Waals surface area contributed by atoms with Crippen LogP contribution >= 0.6 is 11.8 Å². The molecule has 0 saturated heterocycles. The quantitative estimate of drug-likeness (QED) is 0.340. The van der Waals surface area contributed by atoms with Crippen LogP contribution in [0.1, 0.15) is 23.1 Å². The number of aromatic nitrogens is 1. The number of rotatable bonds is 8. The van der Waals surface area contributed by atoms with Gasteiger partial charge in [0.05, 0.1) is 12.4 Å². The number of carbonyl (C=O) groups is 1. The second-order valence-electron chi connectivity index (χ2n) is 5.91. The molecule has 2 rings (SSSR count). The minimum atomic E-state index is -0.0866. The van der Waals surface area contributed by atoms with Crippen LogP contribution in [0.5, 0.6) is 5.75 Å². The van der Waals surface area contributed by atoms with Gasteiger partial charge in [0, 0.05) is 18.7 Å². The number of benzene rings is 1. The number of carbonyl (C=O) groups excluding carboxylic acids is 1. The number of amides is 1. The van der Waals surface area contributed by atoms with Crippen LogP contribution < -0.4 is 14.8 Å². The first kappa shape index (κ1) is 19.1. The first-order chi connectivity index (χ1) is 12.0. The van der Waals surface area contributed by atoms with Gasteiger partial charge in [0.2, 0.25) is 5.91 Å². The van der Waals surface area contributed by atoms with Crippen molar-refractivity contribution in [3.8, 4) is 5.75 Å². The Morgan fingerprint density at radius 2 is 2.08 bits per heavy atom. The van der Waals surface area contributed by atoms with Crippen molar-refractivity contribution in [3.05, 3.63) is 58.4 Å². The molecule has 0 unspecified atom stereocenters. The molecule has 0 bridgehead atoms. The van der Waals surface area contributed by atoms with Crippen LogP contribution in [-0.2, 0) is 4.79 Å². The summed E-state index contributed by atoms with van der Waals surface area (Å²) in [5, 5.41) is 14.9. The molecule has 1 amide bonds. The second kappa shape index (κ2) is 9.32. The number of nitrogens with one attached hydrogen (secondary N) is 1. The third-order valence-electron chi connectivity index (χ3n) is 3.80. The summed E-state index contributed by atoms with van der Waals surface area (Å²) in [7, 11) is 0. The molecule has 0 aliphatic heterocycles. The van der Waals surface area contributed by atoms with Crippen molar-refractivity contribution in [2.45, 2.75) is 32.2 Å². The van der Waals surface area contributed by atoms with Crippen molar-refractivity contribution >= 4 is 17.7 Å². The van der Waals surface area contributed by atoms with E-state index in [-0.39, 0.29) is 11.7 Å². The van der Waals surface area contributed by atoms with Crippen LogP contribution in [0.25, 0.3) is 0 Å². The van der Waals surface area contributed by atoms with Gasteiger partial charge in [-0.25, -0.2) is 0 Å². The van der Waals surface area contributed by atoms with Crippen molar-refractivity contribution in [1.82, 2.24) is 5.32 Å². The fourth-order valence-electron chi connectivity index (χ4n) is 2.35. The maximum absolute atomic E-state index is 11.8. The van der Waals surface area contributed by atoms with Crippen molar-refractivity contribution in [3.63, 3.8) is 0 Å². The highest BCUT2D eigenvalue weighted by molar-refractivity contribution is 7.99. The number of ether oxygens (including phenoxy) is 1. The molecule has 0 aliphatic carbocycles. The maximum Gasteiger partial charge on any atom is 0.251 e. The zero-order valence-corrected chi connectivity index (χ0v) is 15.7. The molecule has 5 nitrogen and oxygen atoms in total. The van der Waals surface area contributed by atoms with Crippen LogP contribution in [-0.4, -0.2) is 24.8 Å². The molecule has 134 valence electrons. The number of hydrogen-bond donors (Lipinski definition) is 1. The van der Waals surface area contributed by atoms with Crippen molar-refractivity contribution in [1.29, 1.82) is 0 Å². The molecule has 0 radical (unpaired) electrons. The average molecular weight is 360 g/mol. The molecule has 0 fully saturated rings. The van der Waals surface area contributed by atoms with Crippen molar-refractivity contribution in [2.75, 3.05) is 18.9 Å². The van der Waals surface area contributed by atoms with Gasteiger partial charge >= 0.3 is 0 Å². The minimum absolute atomic E-state index is 0.0866. The predicted octanol–water partition coefficient (Wildman–Crippen LogP) is 2.92. The van der Waals surface area contributed by atoms with E-state index in [0.29, 0.717) is 18.2 Å². The highest BCUT2D eigenvalue weighted by Gasteiger charge is 2.08. The van der Waals surface area contributed by atoms with Gasteiger partial charge in [-0.15, -0.1) is 0 Å². The van der Waals surface area contributed by atoms with Crippen LogP contribution in [0, 0.1) is 26.0 Å². The highest BCUT2D eigenvalue weighted by Crippen LogP contribution is 2.23. The number of pyridine rings is 1. The Bertz CT molecular complexity index is 735. The fraction of sp³-hybridized carbons (Fsp3) is 0.368. The van der Waals surface area contributed by atoms with Crippen LogP contribution in [0.4, 0.5) is 0 Å². The maximum atomic E-state index is 11.8. The van der Waals surface area contributed by atoms with Gasteiger partial charge in [0.15, 0.2) is 6.20 Å². The van der Waals surface area contributed by atoms with Crippen LogP contribution in [0.3, 0.4) is 0 Å². The van der Waals surface area contributed by atoms with Gasteiger partial charge in [-0.3, -0.25) is 4.79 Å². The summed E-state index contributed by atoms with van der Waals surface area (Å²) in [6.45, 7) is 7.28. The van der Waals surface area contributed by atoms with Crippen molar-refractivity contribution < 1.29 is 14.3 Å². The summed E-state index contributed by atoms with van der Waals surface area (Å²) < 4.78 is 6.59. The lowest BCUT2D eigenvalue weighted by Crippen LogP contribution is -2.30. The van der Waals surface area contributed by atoms with Gasteiger partial charge in [0.25, 0.3) is 5.03 Å². The van der Waals surface area contributed by atoms with E-state index in [2.05, 4.69) is 32.2 Å². The molecule has 0 aliphatic rings. The Balaban J connectivity index is 1.66. The zero-order chi connectivity index (χ0) is 18.2. The molecule has 1 heterocycles. The lowest BCUT2D eigenvalue weighted by molar-refractivity contribution is -0.645. The summed E-state index contributed by atoms with van der Waals surface area (Å²) in [4.78, 5) is 11.8. The predicted molar refractivity (Wildman–Crippen MR) is 99.9 cm³/mol. The van der Waals surface area contributed by atoms with E-state index >= 15 is 0 Å². The van der Waals surface area contributed by atoms with Gasteiger partial charge < -0.3 is 15.3 Å². The Morgan fingerprint density at radius 1 is 1.28 bits per heavy atom. The minimum Gasteiger partial charge on any atom is -0.618 e. The van der Waals surface area contributed by atoms with E-state index in [9.17, 15) is 10.0 Å². The van der Waals surface area contributed by atoms with Crippen molar-refractivity contribution in [2.24, 2.45) is 0 Å². The average Bonchev–Trinajstić information content (AvgIpc) is 2.58. The second-order valence-corrected chi connectivity index (χ2v) is 6.91. The van der Waals surface area contributed by atoms with E-state index < -0.39 is 0 Å². The van der Waals surface area contributed by atoms with Gasteiger partial charge in [-0.05, 0) is 67.8 Å². The van der Waals surface area contributed by atoms with Crippen LogP contribution in [0.2, 0.25) is 0 Å². The molecule has 2 aromatic rings. The van der Waals surface area contributed by atoms with E-state index in [1.54, 1.807) is 18.2 Å². The first-order valence-electron chi connectivity index (χ1n) is 8.25. The third-order valence-corrected chi connectivity index (χ3v) is 4.82. The van der Waals surface area contributed by atoms with E-state index in [1.165, 1.54) is 29.1 Å². The summed E-state index contributed by atoms with van der Waals surface area (Å²) in [5.74, 6) is 1.04. The molecule has 1 aromatic carbocycles. The Morgan fingerprint density at radius 3 is 2.84 bits per heavy atom. The van der Waals surface area contributed by atoms with Gasteiger partial charge in [0.1, 0.15) is 5.75 Å². The highest BCUT2D eigenvalue weighted by atomic mass is 32.2. The molecule has 0 spiro atoms. The number of aryl methyl sites for hydroxylation is 2. The van der Waals surface area contributed by atoms with Gasteiger partial charge in [-0.1, -0.05) is 6.07 Å². The molecule has 0 saturated carbocycles. The molecule has 0 atom stereocenters. The van der Waals surface area contributed by atoms with Gasteiger partial charge in [-0.2, -0.15) is 4.73 Å². The number of thioether (sulfide) groups is 1. The zero-order valence-electron chi connectivity index (χ0n) is 14.9. The molecular formula is C19H24N2O3S. The van der Waals surface area contributed by atoms with E-state index in [1.807, 2.05) is 6.07 Å².